The smallest absolute Gasteiger partial charge is 0.191 e. The van der Waals surface area contributed by atoms with Gasteiger partial charge in [-0.15, -0.1) is 24.0 Å². The van der Waals surface area contributed by atoms with Crippen LogP contribution in [0.25, 0.3) is 0 Å². The molecule has 2 N–H and O–H groups in total. The number of aliphatic imine (C=N–C) groups is 1. The second-order valence-corrected chi connectivity index (χ2v) is 6.95. The second-order valence-electron chi connectivity index (χ2n) is 6.95. The zero-order valence-electron chi connectivity index (χ0n) is 18.0. The Morgan fingerprint density at radius 2 is 2.00 bits per heavy atom. The van der Waals surface area contributed by atoms with Gasteiger partial charge in [0.2, 0.25) is 0 Å². The summed E-state index contributed by atoms with van der Waals surface area (Å²) in [5.41, 5.74) is 3.38. The van der Waals surface area contributed by atoms with E-state index in [0.717, 1.165) is 61.5 Å². The number of aromatic nitrogens is 1. The van der Waals surface area contributed by atoms with Crippen LogP contribution >= 0.6 is 24.0 Å². The van der Waals surface area contributed by atoms with Crippen LogP contribution in [0.1, 0.15) is 23.6 Å². The molecule has 0 unspecified atom stereocenters. The molecule has 1 aliphatic heterocycles. The van der Waals surface area contributed by atoms with Crippen LogP contribution in [-0.4, -0.2) is 50.9 Å². The summed E-state index contributed by atoms with van der Waals surface area (Å²) in [5.74, 6) is 2.65. The monoisotopic (exact) mass is 525 g/mol. The number of methoxy groups -OCH3 is 1. The van der Waals surface area contributed by atoms with Gasteiger partial charge in [0.1, 0.15) is 11.6 Å². The Morgan fingerprint density at radius 3 is 2.73 bits per heavy atom. The maximum Gasteiger partial charge on any atom is 0.191 e. The van der Waals surface area contributed by atoms with Crippen molar-refractivity contribution in [3.8, 4) is 5.75 Å². The van der Waals surface area contributed by atoms with Crippen LogP contribution in [0.2, 0.25) is 0 Å². The van der Waals surface area contributed by atoms with Crippen molar-refractivity contribution in [3.63, 3.8) is 0 Å². The van der Waals surface area contributed by atoms with E-state index >= 15 is 0 Å². The number of rotatable bonds is 7. The van der Waals surface area contributed by atoms with E-state index in [0.29, 0.717) is 13.1 Å². The standard InChI is InChI=1S/C22H31N5O2.HI/c1-4-23-22(25-15-18-8-7-17(2)14-20(18)28-3)26-16-19-6-5-9-24-21(19)27-10-12-29-13-11-27;/h5-9,14H,4,10-13,15-16H2,1-3H3,(H2,23,25,26);1H. The van der Waals surface area contributed by atoms with Gasteiger partial charge in [0.15, 0.2) is 5.96 Å². The Kier molecular flexibility index (Phi) is 10.2. The van der Waals surface area contributed by atoms with Crippen LogP contribution in [0.15, 0.2) is 41.5 Å². The lowest BCUT2D eigenvalue weighted by Crippen LogP contribution is -2.39. The SMILES string of the molecule is CCNC(=NCc1ccc(C)cc1OC)NCc1cccnc1N1CCOCC1.I. The van der Waals surface area contributed by atoms with Gasteiger partial charge in [-0.2, -0.15) is 0 Å². The molecule has 30 heavy (non-hydrogen) atoms. The van der Waals surface area contributed by atoms with E-state index in [1.807, 2.05) is 18.3 Å². The van der Waals surface area contributed by atoms with E-state index in [-0.39, 0.29) is 24.0 Å². The summed E-state index contributed by atoms with van der Waals surface area (Å²) in [6, 6.07) is 10.3. The molecule has 2 heterocycles. The van der Waals surface area contributed by atoms with Crippen molar-refractivity contribution in [1.29, 1.82) is 0 Å². The number of guanidine groups is 1. The van der Waals surface area contributed by atoms with Gasteiger partial charge in [-0.25, -0.2) is 9.98 Å². The highest BCUT2D eigenvalue weighted by Crippen LogP contribution is 2.21. The number of halogens is 1. The van der Waals surface area contributed by atoms with Gasteiger partial charge >= 0.3 is 0 Å². The number of hydrogen-bond acceptors (Lipinski definition) is 5. The summed E-state index contributed by atoms with van der Waals surface area (Å²) in [7, 11) is 1.70. The van der Waals surface area contributed by atoms with Gasteiger partial charge in [-0.1, -0.05) is 18.2 Å². The van der Waals surface area contributed by atoms with E-state index < -0.39 is 0 Å². The minimum Gasteiger partial charge on any atom is -0.496 e. The molecule has 1 aromatic heterocycles. The Labute approximate surface area is 196 Å². The molecular weight excluding hydrogens is 493 g/mol. The highest BCUT2D eigenvalue weighted by Gasteiger charge is 2.16. The molecule has 0 spiro atoms. The molecule has 1 saturated heterocycles. The zero-order chi connectivity index (χ0) is 20.5. The fraction of sp³-hybridized carbons (Fsp3) is 0.455. The topological polar surface area (TPSA) is 71.0 Å². The predicted molar refractivity (Wildman–Crippen MR) is 132 cm³/mol. The number of anilines is 1. The zero-order valence-corrected chi connectivity index (χ0v) is 20.3. The number of nitrogens with zero attached hydrogens (tertiary/aromatic N) is 3. The molecule has 3 rings (SSSR count). The van der Waals surface area contributed by atoms with E-state index in [4.69, 9.17) is 14.5 Å². The molecule has 164 valence electrons. The fourth-order valence-electron chi connectivity index (χ4n) is 3.30. The van der Waals surface area contributed by atoms with Gasteiger partial charge in [0.05, 0.1) is 26.9 Å². The molecule has 0 saturated carbocycles. The van der Waals surface area contributed by atoms with E-state index in [9.17, 15) is 0 Å². The van der Waals surface area contributed by atoms with Crippen molar-refractivity contribution in [3.05, 3.63) is 53.2 Å². The third kappa shape index (κ3) is 6.73. The Morgan fingerprint density at radius 1 is 1.20 bits per heavy atom. The summed E-state index contributed by atoms with van der Waals surface area (Å²) in [6.45, 7) is 9.32. The number of morpholine rings is 1. The minimum absolute atomic E-state index is 0. The first-order valence-corrected chi connectivity index (χ1v) is 10.1. The number of hydrogen-bond donors (Lipinski definition) is 2. The van der Waals surface area contributed by atoms with Crippen molar-refractivity contribution in [2.45, 2.75) is 26.9 Å². The molecule has 0 bridgehead atoms. The molecule has 1 aliphatic rings. The van der Waals surface area contributed by atoms with Crippen LogP contribution in [-0.2, 0) is 17.8 Å². The van der Waals surface area contributed by atoms with Crippen molar-refractivity contribution in [2.75, 3.05) is 44.9 Å². The van der Waals surface area contributed by atoms with E-state index in [1.54, 1.807) is 7.11 Å². The molecular formula is C22H32IN5O2. The minimum atomic E-state index is 0. The third-order valence-electron chi connectivity index (χ3n) is 4.82. The average molecular weight is 525 g/mol. The van der Waals surface area contributed by atoms with Crippen molar-refractivity contribution >= 4 is 35.8 Å². The number of pyridine rings is 1. The van der Waals surface area contributed by atoms with Crippen molar-refractivity contribution in [1.82, 2.24) is 15.6 Å². The van der Waals surface area contributed by atoms with Crippen LogP contribution < -0.4 is 20.3 Å². The largest absolute Gasteiger partial charge is 0.496 e. The van der Waals surface area contributed by atoms with Gasteiger partial charge in [-0.05, 0) is 31.5 Å². The van der Waals surface area contributed by atoms with E-state index in [2.05, 4.69) is 52.6 Å². The second kappa shape index (κ2) is 12.6. The lowest BCUT2D eigenvalue weighted by molar-refractivity contribution is 0.122. The number of aryl methyl sites for hydroxylation is 1. The van der Waals surface area contributed by atoms with Crippen LogP contribution in [0.5, 0.6) is 5.75 Å². The quantitative estimate of drug-likeness (QED) is 0.329. The Hall–Kier alpha value is -2.07. The van der Waals surface area contributed by atoms with Crippen LogP contribution in [0, 0.1) is 6.92 Å². The summed E-state index contributed by atoms with van der Waals surface area (Å²) < 4.78 is 11.0. The normalized spacial score (nSPS) is 14.1. The molecule has 0 atom stereocenters. The summed E-state index contributed by atoms with van der Waals surface area (Å²) in [6.07, 6.45) is 1.84. The highest BCUT2D eigenvalue weighted by molar-refractivity contribution is 14.0. The first-order valence-electron chi connectivity index (χ1n) is 10.1. The van der Waals surface area contributed by atoms with Crippen LogP contribution in [0.4, 0.5) is 5.82 Å². The first kappa shape index (κ1) is 24.2. The van der Waals surface area contributed by atoms with Crippen molar-refractivity contribution < 1.29 is 9.47 Å². The predicted octanol–water partition coefficient (Wildman–Crippen LogP) is 3.11. The van der Waals surface area contributed by atoms with E-state index in [1.165, 1.54) is 5.56 Å². The maximum atomic E-state index is 5.50. The molecule has 8 heteroatoms. The molecule has 1 aromatic carbocycles. The fourth-order valence-corrected chi connectivity index (χ4v) is 3.30. The molecule has 7 nitrogen and oxygen atoms in total. The molecule has 0 aliphatic carbocycles. The van der Waals surface area contributed by atoms with Gasteiger partial charge in [0.25, 0.3) is 0 Å². The molecule has 2 aromatic rings. The molecule has 1 fully saturated rings. The lowest BCUT2D eigenvalue weighted by Gasteiger charge is -2.29. The third-order valence-corrected chi connectivity index (χ3v) is 4.82. The van der Waals surface area contributed by atoms with Gasteiger partial charge in [0, 0.05) is 43.5 Å². The number of benzene rings is 1. The molecule has 0 radical (unpaired) electrons. The Bertz CT molecular complexity index is 825. The average Bonchev–Trinajstić information content (AvgIpc) is 2.77. The Balaban J connectivity index is 0.00000320. The van der Waals surface area contributed by atoms with Crippen molar-refractivity contribution in [2.24, 2.45) is 4.99 Å². The summed E-state index contributed by atoms with van der Waals surface area (Å²) >= 11 is 0. The number of nitrogens with one attached hydrogen (secondary N) is 2. The van der Waals surface area contributed by atoms with Gasteiger partial charge < -0.3 is 25.0 Å². The summed E-state index contributed by atoms with van der Waals surface area (Å²) in [4.78, 5) is 11.6. The highest BCUT2D eigenvalue weighted by atomic mass is 127. The first-order chi connectivity index (χ1) is 14.2. The summed E-state index contributed by atoms with van der Waals surface area (Å²) in [5, 5.41) is 6.75. The maximum absolute atomic E-state index is 5.50. The van der Waals surface area contributed by atoms with Gasteiger partial charge in [-0.3, -0.25) is 0 Å². The lowest BCUT2D eigenvalue weighted by atomic mass is 10.1. The van der Waals surface area contributed by atoms with Crippen LogP contribution in [0.3, 0.4) is 0 Å². The molecule has 0 amide bonds. The number of ether oxygens (including phenoxy) is 2.